The molecule has 7 heteroatoms. The van der Waals surface area contributed by atoms with Crippen molar-refractivity contribution in [2.24, 2.45) is 0 Å². The van der Waals surface area contributed by atoms with Crippen molar-refractivity contribution in [3.8, 4) is 10.8 Å². The number of aromatic nitrogens is 2. The summed E-state index contributed by atoms with van der Waals surface area (Å²) in [6, 6.07) is 11.1. The highest BCUT2D eigenvalue weighted by atomic mass is 35.5. The topological polar surface area (TPSA) is 68.0 Å². The van der Waals surface area contributed by atoms with Crippen molar-refractivity contribution >= 4 is 28.8 Å². The van der Waals surface area contributed by atoms with E-state index >= 15 is 0 Å². The molecule has 0 fully saturated rings. The lowest BCUT2D eigenvalue weighted by atomic mass is 10.2. The minimum Gasteiger partial charge on any atom is -0.419 e. The first-order valence-electron chi connectivity index (χ1n) is 6.58. The van der Waals surface area contributed by atoms with E-state index in [9.17, 15) is 4.79 Å². The molecule has 1 N–H and O–H groups in total. The van der Waals surface area contributed by atoms with Crippen LogP contribution in [0.3, 0.4) is 0 Å². The molecule has 0 saturated heterocycles. The smallest absolute Gasteiger partial charge is 0.257 e. The predicted octanol–water partition coefficient (Wildman–Crippen LogP) is 3.31. The third-order valence-corrected chi connectivity index (χ3v) is 4.02. The Morgan fingerprint density at radius 3 is 2.77 bits per heavy atom. The number of carbonyl (C=O) groups excluding carboxylic acids is 1. The maximum Gasteiger partial charge on any atom is 0.257 e. The number of hydrogen-bond donors (Lipinski definition) is 1. The van der Waals surface area contributed by atoms with E-state index in [1.54, 1.807) is 12.1 Å². The minimum atomic E-state index is -0.170. The molecule has 2 heterocycles. The van der Waals surface area contributed by atoms with Crippen molar-refractivity contribution < 1.29 is 9.21 Å². The normalized spacial score (nSPS) is 10.6. The molecule has 0 saturated carbocycles. The number of halogens is 1. The van der Waals surface area contributed by atoms with Gasteiger partial charge in [-0.15, -0.1) is 21.5 Å². The Hall–Kier alpha value is -2.18. The van der Waals surface area contributed by atoms with Crippen LogP contribution in [0.25, 0.3) is 10.8 Å². The van der Waals surface area contributed by atoms with Gasteiger partial charge in [-0.25, -0.2) is 0 Å². The zero-order valence-electron chi connectivity index (χ0n) is 11.5. The number of rotatable bonds is 5. The molecular weight excluding hydrogens is 322 g/mol. The van der Waals surface area contributed by atoms with Gasteiger partial charge >= 0.3 is 0 Å². The predicted molar refractivity (Wildman–Crippen MR) is 84.6 cm³/mol. The Morgan fingerprint density at radius 2 is 2.05 bits per heavy atom. The first-order chi connectivity index (χ1) is 10.7. The standard InChI is InChI=1S/C15H12ClN3O2S/c16-11-5-3-10(4-6-11)9-17-13(20)8-14-18-19-15(21-14)12-2-1-7-22-12/h1-7H,8-9H2,(H,17,20). The second kappa shape index (κ2) is 6.72. The first kappa shape index (κ1) is 14.7. The van der Waals surface area contributed by atoms with E-state index in [2.05, 4.69) is 15.5 Å². The fraction of sp³-hybridized carbons (Fsp3) is 0.133. The average Bonchev–Trinajstić information content (AvgIpc) is 3.17. The highest BCUT2D eigenvalue weighted by molar-refractivity contribution is 7.13. The van der Waals surface area contributed by atoms with Crippen molar-refractivity contribution in [3.63, 3.8) is 0 Å². The molecule has 0 aliphatic heterocycles. The van der Waals surface area contributed by atoms with Crippen molar-refractivity contribution in [3.05, 3.63) is 58.3 Å². The summed E-state index contributed by atoms with van der Waals surface area (Å²) in [7, 11) is 0. The van der Waals surface area contributed by atoms with Gasteiger partial charge in [0.15, 0.2) is 0 Å². The van der Waals surface area contributed by atoms with Gasteiger partial charge in [0.2, 0.25) is 11.8 Å². The summed E-state index contributed by atoms with van der Waals surface area (Å²) in [4.78, 5) is 12.8. The van der Waals surface area contributed by atoms with Crippen LogP contribution in [-0.4, -0.2) is 16.1 Å². The third-order valence-electron chi connectivity index (χ3n) is 2.91. The van der Waals surface area contributed by atoms with Crippen LogP contribution < -0.4 is 5.32 Å². The number of nitrogens with one attached hydrogen (secondary N) is 1. The van der Waals surface area contributed by atoms with Gasteiger partial charge in [0, 0.05) is 11.6 Å². The molecule has 22 heavy (non-hydrogen) atoms. The van der Waals surface area contributed by atoms with Gasteiger partial charge in [-0.05, 0) is 29.1 Å². The second-order valence-corrected chi connectivity index (χ2v) is 5.94. The number of hydrogen-bond acceptors (Lipinski definition) is 5. The van der Waals surface area contributed by atoms with Crippen molar-refractivity contribution in [2.75, 3.05) is 0 Å². The van der Waals surface area contributed by atoms with Crippen molar-refractivity contribution in [1.29, 1.82) is 0 Å². The van der Waals surface area contributed by atoms with Crippen LogP contribution in [0.5, 0.6) is 0 Å². The second-order valence-electron chi connectivity index (χ2n) is 4.56. The molecule has 3 aromatic rings. The Morgan fingerprint density at radius 1 is 1.23 bits per heavy atom. The van der Waals surface area contributed by atoms with Gasteiger partial charge < -0.3 is 9.73 Å². The first-order valence-corrected chi connectivity index (χ1v) is 7.84. The summed E-state index contributed by atoms with van der Waals surface area (Å²) in [6.45, 7) is 0.432. The highest BCUT2D eigenvalue weighted by Crippen LogP contribution is 2.22. The number of amides is 1. The summed E-state index contributed by atoms with van der Waals surface area (Å²) >= 11 is 7.32. The molecule has 0 bridgehead atoms. The van der Waals surface area contributed by atoms with E-state index in [4.69, 9.17) is 16.0 Å². The van der Waals surface area contributed by atoms with Crippen LogP contribution in [-0.2, 0) is 17.8 Å². The van der Waals surface area contributed by atoms with E-state index in [1.165, 1.54) is 11.3 Å². The van der Waals surface area contributed by atoms with Gasteiger partial charge in [0.25, 0.3) is 5.89 Å². The number of carbonyl (C=O) groups is 1. The molecule has 0 aliphatic rings. The van der Waals surface area contributed by atoms with Crippen molar-refractivity contribution in [1.82, 2.24) is 15.5 Å². The summed E-state index contributed by atoms with van der Waals surface area (Å²) in [5, 5.41) is 13.2. The van der Waals surface area contributed by atoms with Gasteiger partial charge in [-0.2, -0.15) is 0 Å². The lowest BCUT2D eigenvalue weighted by Gasteiger charge is -2.03. The molecule has 0 unspecified atom stereocenters. The van der Waals surface area contributed by atoms with Gasteiger partial charge in [0.05, 0.1) is 4.88 Å². The van der Waals surface area contributed by atoms with Crippen LogP contribution in [0.2, 0.25) is 5.02 Å². The quantitative estimate of drug-likeness (QED) is 0.777. The van der Waals surface area contributed by atoms with Crippen LogP contribution >= 0.6 is 22.9 Å². The van der Waals surface area contributed by atoms with E-state index in [0.717, 1.165) is 10.4 Å². The zero-order valence-corrected chi connectivity index (χ0v) is 13.0. The number of nitrogens with zero attached hydrogens (tertiary/aromatic N) is 2. The highest BCUT2D eigenvalue weighted by Gasteiger charge is 2.12. The lowest BCUT2D eigenvalue weighted by Crippen LogP contribution is -2.24. The van der Waals surface area contributed by atoms with Crippen LogP contribution in [0.4, 0.5) is 0 Å². The molecular formula is C15H12ClN3O2S. The summed E-state index contributed by atoms with van der Waals surface area (Å²) in [6.07, 6.45) is 0.0615. The van der Waals surface area contributed by atoms with Gasteiger partial charge in [-0.1, -0.05) is 29.8 Å². The molecule has 0 atom stereocenters. The Bertz CT molecular complexity index is 753. The molecule has 3 rings (SSSR count). The summed E-state index contributed by atoms with van der Waals surface area (Å²) < 4.78 is 5.48. The Balaban J connectivity index is 1.54. The van der Waals surface area contributed by atoms with Gasteiger partial charge in [-0.3, -0.25) is 4.79 Å². The number of benzene rings is 1. The molecule has 0 spiro atoms. The van der Waals surface area contributed by atoms with Crippen molar-refractivity contribution in [2.45, 2.75) is 13.0 Å². The van der Waals surface area contributed by atoms with Crippen LogP contribution in [0.15, 0.2) is 46.2 Å². The largest absolute Gasteiger partial charge is 0.419 e. The lowest BCUT2D eigenvalue weighted by molar-refractivity contribution is -0.120. The van der Waals surface area contributed by atoms with E-state index in [-0.39, 0.29) is 12.3 Å². The van der Waals surface area contributed by atoms with Crippen LogP contribution in [0, 0.1) is 0 Å². The molecule has 0 radical (unpaired) electrons. The van der Waals surface area contributed by atoms with E-state index in [1.807, 2.05) is 29.6 Å². The average molecular weight is 334 g/mol. The molecule has 0 aliphatic carbocycles. The van der Waals surface area contributed by atoms with Crippen LogP contribution in [0.1, 0.15) is 11.5 Å². The monoisotopic (exact) mass is 333 g/mol. The minimum absolute atomic E-state index is 0.0615. The Kier molecular flexibility index (Phi) is 4.50. The number of thiophene rings is 1. The third kappa shape index (κ3) is 3.72. The van der Waals surface area contributed by atoms with Gasteiger partial charge in [0.1, 0.15) is 6.42 Å². The molecule has 5 nitrogen and oxygen atoms in total. The SMILES string of the molecule is O=C(Cc1nnc(-c2cccs2)o1)NCc1ccc(Cl)cc1. The molecule has 1 amide bonds. The molecule has 112 valence electrons. The fourth-order valence-corrected chi connectivity index (χ4v) is 2.60. The Labute approximate surface area is 135 Å². The maximum absolute atomic E-state index is 11.9. The maximum atomic E-state index is 11.9. The molecule has 2 aromatic heterocycles. The summed E-state index contributed by atoms with van der Waals surface area (Å²) in [5.41, 5.74) is 0.975. The zero-order chi connectivity index (χ0) is 15.4. The van der Waals surface area contributed by atoms with E-state index < -0.39 is 0 Å². The summed E-state index contributed by atoms with van der Waals surface area (Å²) in [5.74, 6) is 0.573. The molecule has 1 aromatic carbocycles. The van der Waals surface area contributed by atoms with E-state index in [0.29, 0.717) is 23.3 Å². The fourth-order valence-electron chi connectivity index (χ4n) is 1.83.